The van der Waals surface area contributed by atoms with E-state index in [1.807, 2.05) is 41.6 Å². The van der Waals surface area contributed by atoms with Crippen molar-refractivity contribution in [2.24, 2.45) is 4.99 Å². The lowest BCUT2D eigenvalue weighted by Gasteiger charge is -2.33. The molecule has 7 nitrogen and oxygen atoms in total. The predicted molar refractivity (Wildman–Crippen MR) is 119 cm³/mol. The van der Waals surface area contributed by atoms with Gasteiger partial charge < -0.3 is 20.6 Å². The van der Waals surface area contributed by atoms with Crippen LogP contribution in [-0.2, 0) is 0 Å². The number of aliphatic hydroxyl groups excluding tert-OH is 1. The molecule has 4 N–H and O–H groups in total. The number of halogens is 2. The Morgan fingerprint density at radius 3 is 2.48 bits per heavy atom. The van der Waals surface area contributed by atoms with Crippen LogP contribution in [0.2, 0.25) is 0 Å². The van der Waals surface area contributed by atoms with Crippen LogP contribution in [-0.4, -0.2) is 62.2 Å². The fourth-order valence-electron chi connectivity index (χ4n) is 1.94. The smallest absolute Gasteiger partial charge is 0.189 e. The number of nitrogens with one attached hydrogen (secondary N) is 3. The number of hydrogen-bond donors (Lipinski definition) is 4. The van der Waals surface area contributed by atoms with Crippen LogP contribution in [0.25, 0.3) is 0 Å². The van der Waals surface area contributed by atoms with E-state index in [1.165, 1.54) is 17.1 Å². The lowest BCUT2D eigenvalue weighted by molar-refractivity contribution is 0.0247. The Hall–Kier alpha value is -1.69. The number of aliphatic hydroxyl groups is 1. The molecule has 0 aliphatic heterocycles. The summed E-state index contributed by atoms with van der Waals surface area (Å²) < 4.78 is 15.2. The van der Waals surface area contributed by atoms with Gasteiger partial charge in [-0.2, -0.15) is 0 Å². The second-order valence-electron chi connectivity index (χ2n) is 5.67. The van der Waals surface area contributed by atoms with Crippen molar-refractivity contribution < 1.29 is 9.50 Å². The van der Waals surface area contributed by atoms with Crippen LogP contribution in [0.1, 0.15) is 6.92 Å². The van der Waals surface area contributed by atoms with Crippen LogP contribution in [0.3, 0.4) is 0 Å². The molecule has 0 aromatic carbocycles. The average molecular weight is 492 g/mol. The number of hydrogen-bond acceptors (Lipinski definition) is 7. The van der Waals surface area contributed by atoms with E-state index >= 15 is 0 Å². The van der Waals surface area contributed by atoms with E-state index in [9.17, 15) is 9.50 Å². The largest absolute Gasteiger partial charge is 0.368 e. The summed E-state index contributed by atoms with van der Waals surface area (Å²) in [6.07, 6.45) is 2.90. The van der Waals surface area contributed by atoms with Crippen LogP contribution in [0.5, 0.6) is 0 Å². The number of rotatable bonds is 13. The highest BCUT2D eigenvalue weighted by molar-refractivity contribution is 14.1. The molecule has 152 valence electrons. The van der Waals surface area contributed by atoms with E-state index in [0.717, 1.165) is 6.54 Å². The lowest BCUT2D eigenvalue weighted by Crippen LogP contribution is -2.45. The zero-order valence-electron chi connectivity index (χ0n) is 16.4. The first kappa shape index (κ1) is 25.3. The van der Waals surface area contributed by atoms with Gasteiger partial charge in [-0.15, -0.1) is 0 Å². The second-order valence-corrected chi connectivity index (χ2v) is 7.29. The monoisotopic (exact) mass is 492 g/mol. The van der Waals surface area contributed by atoms with Gasteiger partial charge in [-0.05, 0) is 63.5 Å². The average Bonchev–Trinajstić information content (AvgIpc) is 2.60. The maximum absolute atomic E-state index is 14.5. The minimum atomic E-state index is -1.20. The van der Waals surface area contributed by atoms with Crippen molar-refractivity contribution in [1.29, 1.82) is 0 Å². The maximum Gasteiger partial charge on any atom is 0.189 e. The fraction of sp³-hybridized carbons (Fsp3) is 0.389. The maximum atomic E-state index is 14.5. The Morgan fingerprint density at radius 2 is 2.04 bits per heavy atom. The molecule has 0 aromatic heterocycles. The third kappa shape index (κ3) is 9.18. The Bertz CT molecular complexity index is 611. The second kappa shape index (κ2) is 13.5. The van der Waals surface area contributed by atoms with Crippen molar-refractivity contribution in [2.45, 2.75) is 13.3 Å². The minimum absolute atomic E-state index is 0.164. The van der Waals surface area contributed by atoms with Crippen LogP contribution in [0.15, 0.2) is 63.2 Å². The molecule has 0 spiro atoms. The molecule has 0 saturated heterocycles. The van der Waals surface area contributed by atoms with Crippen molar-refractivity contribution in [3.63, 3.8) is 0 Å². The first-order chi connectivity index (χ1) is 12.7. The molecule has 0 aliphatic rings. The number of allylic oxidation sites excluding steroid dienone is 4. The van der Waals surface area contributed by atoms with E-state index in [2.05, 4.69) is 40.8 Å². The van der Waals surface area contributed by atoms with Crippen molar-refractivity contribution >= 4 is 29.3 Å². The molecule has 9 heteroatoms. The molecular weight excluding hydrogens is 462 g/mol. The van der Waals surface area contributed by atoms with Crippen LogP contribution < -0.4 is 16.0 Å². The van der Waals surface area contributed by atoms with Crippen LogP contribution >= 0.6 is 22.6 Å². The summed E-state index contributed by atoms with van der Waals surface area (Å²) in [5.74, 6) is 0.186. The van der Waals surface area contributed by atoms with Gasteiger partial charge in [0.25, 0.3) is 0 Å². The van der Waals surface area contributed by atoms with Gasteiger partial charge in [-0.3, -0.25) is 10.2 Å². The molecule has 0 aromatic rings. The minimum Gasteiger partial charge on any atom is -0.368 e. The fourth-order valence-corrected chi connectivity index (χ4v) is 2.46. The first-order valence-electron chi connectivity index (χ1n) is 8.20. The summed E-state index contributed by atoms with van der Waals surface area (Å²) in [5, 5.41) is 19.0. The first-order valence-corrected chi connectivity index (χ1v) is 9.27. The van der Waals surface area contributed by atoms with E-state index in [-0.39, 0.29) is 11.5 Å². The van der Waals surface area contributed by atoms with Crippen molar-refractivity contribution in [3.8, 4) is 0 Å². The van der Waals surface area contributed by atoms with Gasteiger partial charge in [0.15, 0.2) is 6.35 Å². The van der Waals surface area contributed by atoms with Gasteiger partial charge in [-0.1, -0.05) is 19.2 Å². The molecule has 0 fully saturated rings. The van der Waals surface area contributed by atoms with Crippen LogP contribution in [0, 0.1) is 0 Å². The molecule has 0 aliphatic carbocycles. The summed E-state index contributed by atoms with van der Waals surface area (Å²) in [7, 11) is 5.49. The molecule has 1 unspecified atom stereocenters. The SMILES string of the molecule is C=C/C=C(F)\C(=C(/C)I)N(C(=C)N/C=C(/N=C)NCCN(C)C)C(O)NC. The van der Waals surface area contributed by atoms with E-state index < -0.39 is 12.2 Å². The summed E-state index contributed by atoms with van der Waals surface area (Å²) in [5.41, 5.74) is 0.164. The topological polar surface area (TPSA) is 75.2 Å². The lowest BCUT2D eigenvalue weighted by atomic mass is 10.3. The van der Waals surface area contributed by atoms with Gasteiger partial charge >= 0.3 is 0 Å². The Morgan fingerprint density at radius 1 is 1.41 bits per heavy atom. The van der Waals surface area contributed by atoms with Gasteiger partial charge in [-0.25, -0.2) is 9.38 Å². The molecule has 0 radical (unpaired) electrons. The summed E-state index contributed by atoms with van der Waals surface area (Å²) in [6, 6.07) is 0. The third-order valence-electron chi connectivity index (χ3n) is 3.26. The number of aliphatic imine (C=N–C) groups is 1. The molecular formula is C18H30FIN6O. The molecule has 0 heterocycles. The number of likely N-dealkylation sites (N-methyl/N-ethyl adjacent to an activating group) is 1. The Labute approximate surface area is 175 Å². The highest BCUT2D eigenvalue weighted by atomic mass is 127. The van der Waals surface area contributed by atoms with Gasteiger partial charge in [0.05, 0.1) is 5.70 Å². The predicted octanol–water partition coefficient (Wildman–Crippen LogP) is 2.20. The van der Waals surface area contributed by atoms with Crippen molar-refractivity contribution in [1.82, 2.24) is 25.8 Å². The summed E-state index contributed by atoms with van der Waals surface area (Å²) >= 11 is 1.99. The standard InChI is InChI=1S/C18H30FIN6O/c1-8-9-15(19)17(13(2)20)26(18(27)22-5)14(3)24-12-16(21-4)23-10-11-25(6)7/h8-9,12,18,22-24,27H,1,3-4,10-11H2,2,5-7H3/b15-9+,16-12-,17-13-. The third-order valence-corrected chi connectivity index (χ3v) is 3.77. The van der Waals surface area contributed by atoms with Crippen molar-refractivity contribution in [2.75, 3.05) is 34.2 Å². The highest BCUT2D eigenvalue weighted by Crippen LogP contribution is 2.28. The highest BCUT2D eigenvalue weighted by Gasteiger charge is 2.24. The molecule has 0 saturated carbocycles. The zero-order valence-corrected chi connectivity index (χ0v) is 18.5. The molecule has 0 rings (SSSR count). The number of nitrogens with zero attached hydrogens (tertiary/aromatic N) is 3. The van der Waals surface area contributed by atoms with Gasteiger partial charge in [0.2, 0.25) is 0 Å². The summed E-state index contributed by atoms with van der Waals surface area (Å²) in [4.78, 5) is 7.22. The zero-order chi connectivity index (χ0) is 21.0. The Kier molecular flexibility index (Phi) is 12.6. The van der Waals surface area contributed by atoms with Crippen molar-refractivity contribution in [3.05, 3.63) is 58.3 Å². The summed E-state index contributed by atoms with van der Waals surface area (Å²) in [6.45, 7) is 14.1. The molecule has 27 heavy (non-hydrogen) atoms. The van der Waals surface area contributed by atoms with Crippen LogP contribution in [0.4, 0.5) is 4.39 Å². The van der Waals surface area contributed by atoms with E-state index in [0.29, 0.717) is 15.9 Å². The molecule has 1 atom stereocenters. The van der Waals surface area contributed by atoms with E-state index in [4.69, 9.17) is 0 Å². The van der Waals surface area contributed by atoms with Gasteiger partial charge in [0, 0.05) is 22.9 Å². The normalized spacial score (nSPS) is 14.4. The molecule has 0 amide bonds. The Balaban J connectivity index is 5.53. The van der Waals surface area contributed by atoms with E-state index in [1.54, 1.807) is 20.2 Å². The molecule has 0 bridgehead atoms. The quantitative estimate of drug-likeness (QED) is 0.137. The van der Waals surface area contributed by atoms with Gasteiger partial charge in [0.1, 0.15) is 17.5 Å².